The number of hydrogen-bond donors (Lipinski definition) is 0. The number of halogens is 1. The summed E-state index contributed by atoms with van der Waals surface area (Å²) in [7, 11) is 0. The molecule has 4 atom stereocenters. The van der Waals surface area contributed by atoms with E-state index in [9.17, 15) is 14.4 Å². The van der Waals surface area contributed by atoms with E-state index in [1.54, 1.807) is 43.0 Å². The summed E-state index contributed by atoms with van der Waals surface area (Å²) in [6.07, 6.45) is 0. The zero-order valence-electron chi connectivity index (χ0n) is 17.1. The van der Waals surface area contributed by atoms with Crippen molar-refractivity contribution < 1.29 is 23.9 Å². The molecule has 0 aromatic heterocycles. The summed E-state index contributed by atoms with van der Waals surface area (Å²) in [4.78, 5) is 43.2. The smallest absolute Gasteiger partial charge is 0.332 e. The molecular formula is C23H21ClN2O5. The monoisotopic (exact) mass is 440 g/mol. The van der Waals surface area contributed by atoms with Gasteiger partial charge in [-0.05, 0) is 44.2 Å². The number of urea groups is 1. The van der Waals surface area contributed by atoms with Crippen LogP contribution < -0.4 is 9.64 Å². The zero-order chi connectivity index (χ0) is 21.9. The van der Waals surface area contributed by atoms with E-state index in [2.05, 4.69) is 0 Å². The number of esters is 1. The highest BCUT2D eigenvalue weighted by atomic mass is 35.5. The van der Waals surface area contributed by atoms with Gasteiger partial charge < -0.3 is 14.4 Å². The lowest BCUT2D eigenvalue weighted by molar-refractivity contribution is -0.154. The van der Waals surface area contributed by atoms with Crippen LogP contribution in [0.5, 0.6) is 5.75 Å². The van der Waals surface area contributed by atoms with Crippen molar-refractivity contribution in [3.8, 4) is 5.75 Å². The van der Waals surface area contributed by atoms with Gasteiger partial charge in [-0.3, -0.25) is 9.59 Å². The Morgan fingerprint density at radius 1 is 1.19 bits per heavy atom. The second-order valence-electron chi connectivity index (χ2n) is 8.10. The highest BCUT2D eigenvalue weighted by Gasteiger charge is 2.72. The maximum absolute atomic E-state index is 13.8. The van der Waals surface area contributed by atoms with Crippen molar-refractivity contribution in [2.75, 3.05) is 18.1 Å². The van der Waals surface area contributed by atoms with Crippen molar-refractivity contribution in [2.24, 2.45) is 11.8 Å². The van der Waals surface area contributed by atoms with E-state index in [-0.39, 0.29) is 19.1 Å². The van der Waals surface area contributed by atoms with Gasteiger partial charge in [-0.15, -0.1) is 0 Å². The first-order valence-electron chi connectivity index (χ1n) is 10.2. The van der Waals surface area contributed by atoms with Crippen molar-refractivity contribution in [3.63, 3.8) is 0 Å². The largest absolute Gasteiger partial charge is 0.493 e. The Morgan fingerprint density at radius 3 is 2.61 bits per heavy atom. The van der Waals surface area contributed by atoms with Crippen LogP contribution >= 0.6 is 11.6 Å². The van der Waals surface area contributed by atoms with Gasteiger partial charge in [0.2, 0.25) is 0 Å². The van der Waals surface area contributed by atoms with Crippen LogP contribution in [0, 0.1) is 11.8 Å². The molecule has 160 valence electrons. The summed E-state index contributed by atoms with van der Waals surface area (Å²) < 4.78 is 11.3. The van der Waals surface area contributed by atoms with Gasteiger partial charge in [0, 0.05) is 16.5 Å². The predicted molar refractivity (Wildman–Crippen MR) is 113 cm³/mol. The molecule has 2 aromatic carbocycles. The van der Waals surface area contributed by atoms with Crippen molar-refractivity contribution in [1.29, 1.82) is 0 Å². The number of amides is 3. The van der Waals surface area contributed by atoms with Crippen LogP contribution in [0.25, 0.3) is 0 Å². The zero-order valence-corrected chi connectivity index (χ0v) is 17.8. The molecule has 8 heteroatoms. The summed E-state index contributed by atoms with van der Waals surface area (Å²) in [5.41, 5.74) is -0.190. The van der Waals surface area contributed by atoms with Gasteiger partial charge in [0.25, 0.3) is 5.91 Å². The van der Waals surface area contributed by atoms with Gasteiger partial charge in [0.15, 0.2) is 0 Å². The second kappa shape index (κ2) is 6.99. The fraction of sp³-hybridized carbons (Fsp3) is 0.348. The Bertz CT molecular complexity index is 1090. The van der Waals surface area contributed by atoms with Gasteiger partial charge >= 0.3 is 12.0 Å². The number of benzene rings is 2. The predicted octanol–water partition coefficient (Wildman–Crippen LogP) is 3.81. The van der Waals surface area contributed by atoms with Crippen molar-refractivity contribution in [1.82, 2.24) is 4.90 Å². The third-order valence-electron chi connectivity index (χ3n) is 6.55. The van der Waals surface area contributed by atoms with Crippen LogP contribution in [0.4, 0.5) is 10.5 Å². The van der Waals surface area contributed by atoms with E-state index in [1.807, 2.05) is 24.3 Å². The van der Waals surface area contributed by atoms with Crippen LogP contribution in [-0.2, 0) is 14.3 Å². The second-order valence-corrected chi connectivity index (χ2v) is 8.54. The fourth-order valence-electron chi connectivity index (χ4n) is 5.26. The Labute approximate surface area is 184 Å². The average Bonchev–Trinajstić information content (AvgIpc) is 3.14. The number of hydrogen-bond acceptors (Lipinski definition) is 5. The number of ether oxygens (including phenoxy) is 2. The number of imide groups is 1. The summed E-state index contributed by atoms with van der Waals surface area (Å²) in [5, 5.41) is 0.498. The number of para-hydroxylation sites is 1. The van der Waals surface area contributed by atoms with Crippen LogP contribution in [0.15, 0.2) is 48.5 Å². The van der Waals surface area contributed by atoms with Crippen LogP contribution in [-0.4, -0.2) is 41.6 Å². The number of fused-ring (bicyclic) bond motifs is 5. The number of carbonyl (C=O) groups excluding carboxylic acids is 3. The molecule has 0 N–H and O–H groups in total. The van der Waals surface area contributed by atoms with Crippen LogP contribution in [0.2, 0.25) is 5.02 Å². The molecule has 0 unspecified atom stereocenters. The Balaban J connectivity index is 1.67. The average molecular weight is 441 g/mol. The van der Waals surface area contributed by atoms with Gasteiger partial charge in [-0.2, -0.15) is 0 Å². The Hall–Kier alpha value is -3.06. The third kappa shape index (κ3) is 2.62. The molecule has 3 aliphatic heterocycles. The molecule has 0 aliphatic carbocycles. The number of rotatable bonds is 3. The minimum Gasteiger partial charge on any atom is -0.493 e. The van der Waals surface area contributed by atoms with Gasteiger partial charge in [0.1, 0.15) is 11.3 Å². The van der Waals surface area contributed by atoms with E-state index < -0.39 is 35.4 Å². The first kappa shape index (κ1) is 19.9. The third-order valence-corrected chi connectivity index (χ3v) is 6.80. The number of nitrogens with zero attached hydrogens (tertiary/aromatic N) is 2. The molecule has 0 radical (unpaired) electrons. The summed E-state index contributed by atoms with van der Waals surface area (Å²) >= 11 is 5.99. The molecule has 0 bridgehead atoms. The number of carbonyl (C=O) groups is 3. The van der Waals surface area contributed by atoms with E-state index in [1.165, 1.54) is 0 Å². The number of anilines is 1. The van der Waals surface area contributed by atoms with E-state index in [0.29, 0.717) is 16.5 Å². The van der Waals surface area contributed by atoms with Gasteiger partial charge in [-0.25, -0.2) is 9.69 Å². The lowest BCUT2D eigenvalue weighted by atomic mass is 9.77. The lowest BCUT2D eigenvalue weighted by Crippen LogP contribution is -2.51. The summed E-state index contributed by atoms with van der Waals surface area (Å²) in [6, 6.07) is 13.0. The maximum Gasteiger partial charge on any atom is 0.332 e. The topological polar surface area (TPSA) is 76.2 Å². The normalized spacial score (nSPS) is 28.7. The summed E-state index contributed by atoms with van der Waals surface area (Å²) in [5.74, 6) is -1.53. The van der Waals surface area contributed by atoms with Gasteiger partial charge in [-0.1, -0.05) is 29.8 Å². The minimum absolute atomic E-state index is 0.184. The summed E-state index contributed by atoms with van der Waals surface area (Å²) in [6.45, 7) is 3.78. The molecule has 7 nitrogen and oxygen atoms in total. The molecule has 3 amide bonds. The molecule has 2 aromatic rings. The Kier molecular flexibility index (Phi) is 4.48. The molecular weight excluding hydrogens is 420 g/mol. The van der Waals surface area contributed by atoms with E-state index in [4.69, 9.17) is 21.1 Å². The lowest BCUT2D eigenvalue weighted by Gasteiger charge is -2.34. The minimum atomic E-state index is -1.39. The van der Waals surface area contributed by atoms with Crippen molar-refractivity contribution in [3.05, 3.63) is 59.1 Å². The molecule has 0 spiro atoms. The van der Waals surface area contributed by atoms with E-state index in [0.717, 1.165) is 10.5 Å². The maximum atomic E-state index is 13.8. The van der Waals surface area contributed by atoms with Gasteiger partial charge in [0.05, 0.1) is 30.9 Å². The SMILES string of the molecule is CCOC(=O)[C@@H]1[C@H]2COc3ccccc3[C@H]2N2C(=O)N(c3ccc(Cl)cc3)C(=O)[C@]12C. The molecule has 5 rings (SSSR count). The molecule has 3 aliphatic rings. The van der Waals surface area contributed by atoms with Crippen molar-refractivity contribution >= 4 is 35.2 Å². The first-order chi connectivity index (χ1) is 14.9. The highest BCUT2D eigenvalue weighted by Crippen LogP contribution is 2.58. The molecule has 31 heavy (non-hydrogen) atoms. The van der Waals surface area contributed by atoms with E-state index >= 15 is 0 Å². The Morgan fingerprint density at radius 2 is 1.90 bits per heavy atom. The van der Waals surface area contributed by atoms with Crippen molar-refractivity contribution in [2.45, 2.75) is 25.4 Å². The molecule has 0 saturated carbocycles. The molecule has 2 saturated heterocycles. The fourth-order valence-corrected chi connectivity index (χ4v) is 5.38. The molecule has 2 fully saturated rings. The van der Waals surface area contributed by atoms with Crippen LogP contribution in [0.3, 0.4) is 0 Å². The highest BCUT2D eigenvalue weighted by molar-refractivity contribution is 6.31. The van der Waals surface area contributed by atoms with Crippen LogP contribution in [0.1, 0.15) is 25.5 Å². The molecule has 3 heterocycles. The first-order valence-corrected chi connectivity index (χ1v) is 10.6. The standard InChI is InChI=1S/C23H21ClN2O5/c1-3-30-20(27)18-16-12-31-17-7-5-4-6-15(17)19(16)26-22(29)25(21(28)23(18,26)2)14-10-8-13(24)9-11-14/h4-11,16,18-19H,3,12H2,1-2H3/t16-,18+,19-,23+/m1/s1. The quantitative estimate of drug-likeness (QED) is 0.536.